The molecule has 1 N–H and O–H groups in total. The Bertz CT molecular complexity index is 222. The third-order valence-corrected chi connectivity index (χ3v) is 3.27. The van der Waals surface area contributed by atoms with Crippen molar-refractivity contribution in [3.05, 3.63) is 0 Å². The Morgan fingerprint density at radius 3 is 2.75 bits per heavy atom. The molecule has 1 unspecified atom stereocenters. The van der Waals surface area contributed by atoms with Gasteiger partial charge in [0.15, 0.2) is 6.29 Å². The van der Waals surface area contributed by atoms with Gasteiger partial charge in [0, 0.05) is 13.5 Å². The number of aliphatic hydroxyl groups is 1. The molecule has 0 amide bonds. The van der Waals surface area contributed by atoms with Crippen LogP contribution in [0.4, 0.5) is 4.39 Å². The molecule has 2 rings (SSSR count). The van der Waals surface area contributed by atoms with Gasteiger partial charge in [-0.25, -0.2) is 4.39 Å². The van der Waals surface area contributed by atoms with Crippen LogP contribution in [-0.2, 0) is 14.2 Å². The van der Waals surface area contributed by atoms with Gasteiger partial charge in [0.1, 0.15) is 18.4 Å². The average molecular weight is 234 g/mol. The Labute approximate surface area is 94.7 Å². The molecule has 94 valence electrons. The Morgan fingerprint density at radius 2 is 2.19 bits per heavy atom. The summed E-state index contributed by atoms with van der Waals surface area (Å²) in [5.41, 5.74) is 0. The predicted octanol–water partition coefficient (Wildman–Crippen LogP) is 1.02. The lowest BCUT2D eigenvalue weighted by atomic mass is 9.96. The van der Waals surface area contributed by atoms with Crippen LogP contribution in [0.15, 0.2) is 0 Å². The lowest BCUT2D eigenvalue weighted by Gasteiger charge is -2.36. The molecule has 2 aliphatic rings. The fourth-order valence-electron chi connectivity index (χ4n) is 1.97. The first-order valence-corrected chi connectivity index (χ1v) is 5.82. The maximum Gasteiger partial charge on any atom is 0.183 e. The van der Waals surface area contributed by atoms with Crippen LogP contribution in [0.5, 0.6) is 0 Å². The summed E-state index contributed by atoms with van der Waals surface area (Å²) >= 11 is 0. The van der Waals surface area contributed by atoms with Crippen LogP contribution in [0.25, 0.3) is 0 Å². The smallest absolute Gasteiger partial charge is 0.183 e. The summed E-state index contributed by atoms with van der Waals surface area (Å²) < 4.78 is 29.3. The third kappa shape index (κ3) is 2.71. The van der Waals surface area contributed by atoms with E-state index >= 15 is 0 Å². The maximum absolute atomic E-state index is 13.6. The van der Waals surface area contributed by atoms with Crippen molar-refractivity contribution in [1.29, 1.82) is 0 Å². The highest BCUT2D eigenvalue weighted by Gasteiger charge is 2.38. The summed E-state index contributed by atoms with van der Waals surface area (Å²) in [6.45, 7) is 0.248. The van der Waals surface area contributed by atoms with Gasteiger partial charge in [0.2, 0.25) is 0 Å². The third-order valence-electron chi connectivity index (χ3n) is 3.27. The average Bonchev–Trinajstić information content (AvgIpc) is 2.18. The van der Waals surface area contributed by atoms with Gasteiger partial charge < -0.3 is 19.3 Å². The molecule has 1 saturated heterocycles. The second-order valence-corrected chi connectivity index (χ2v) is 4.48. The Balaban J connectivity index is 1.78. The van der Waals surface area contributed by atoms with Crippen LogP contribution >= 0.6 is 0 Å². The van der Waals surface area contributed by atoms with E-state index in [0.29, 0.717) is 0 Å². The molecule has 1 saturated carbocycles. The van der Waals surface area contributed by atoms with E-state index in [9.17, 15) is 9.50 Å². The highest BCUT2D eigenvalue weighted by Crippen LogP contribution is 2.26. The number of hydrogen-bond acceptors (Lipinski definition) is 4. The van der Waals surface area contributed by atoms with Crippen LogP contribution in [0.3, 0.4) is 0 Å². The predicted molar refractivity (Wildman–Crippen MR) is 54.8 cm³/mol. The molecule has 1 aliphatic heterocycles. The number of hydrogen-bond donors (Lipinski definition) is 1. The van der Waals surface area contributed by atoms with E-state index in [-0.39, 0.29) is 19.1 Å². The van der Waals surface area contributed by atoms with Gasteiger partial charge in [-0.05, 0) is 19.3 Å². The normalized spacial score (nSPS) is 40.7. The largest absolute Gasteiger partial charge is 0.388 e. The zero-order valence-corrected chi connectivity index (χ0v) is 9.47. The summed E-state index contributed by atoms with van der Waals surface area (Å²) in [5.74, 6) is 0. The minimum Gasteiger partial charge on any atom is -0.388 e. The van der Waals surface area contributed by atoms with Gasteiger partial charge in [-0.2, -0.15) is 0 Å². The van der Waals surface area contributed by atoms with Crippen molar-refractivity contribution in [2.24, 2.45) is 0 Å². The van der Waals surface area contributed by atoms with Gasteiger partial charge in [-0.1, -0.05) is 0 Å². The molecule has 4 nitrogen and oxygen atoms in total. The van der Waals surface area contributed by atoms with Gasteiger partial charge in [0.05, 0.1) is 12.7 Å². The Kier molecular flexibility index (Phi) is 4.13. The number of halogens is 1. The van der Waals surface area contributed by atoms with Crippen molar-refractivity contribution in [3.63, 3.8) is 0 Å². The zero-order chi connectivity index (χ0) is 11.5. The van der Waals surface area contributed by atoms with Crippen LogP contribution in [0.2, 0.25) is 0 Å². The van der Waals surface area contributed by atoms with Crippen LogP contribution in [-0.4, -0.2) is 49.6 Å². The van der Waals surface area contributed by atoms with E-state index in [4.69, 9.17) is 14.2 Å². The number of rotatable bonds is 4. The van der Waals surface area contributed by atoms with E-state index in [0.717, 1.165) is 12.8 Å². The van der Waals surface area contributed by atoms with Gasteiger partial charge in [-0.15, -0.1) is 0 Å². The maximum atomic E-state index is 13.6. The summed E-state index contributed by atoms with van der Waals surface area (Å²) in [6.07, 6.45) is 0.201. The van der Waals surface area contributed by atoms with E-state index < -0.39 is 24.7 Å². The van der Waals surface area contributed by atoms with Gasteiger partial charge in [0.25, 0.3) is 0 Å². The first-order valence-electron chi connectivity index (χ1n) is 5.82. The van der Waals surface area contributed by atoms with Crippen molar-refractivity contribution >= 4 is 0 Å². The molecular weight excluding hydrogens is 215 g/mol. The fraction of sp³-hybridized carbons (Fsp3) is 1.00. The van der Waals surface area contributed by atoms with Gasteiger partial charge >= 0.3 is 0 Å². The van der Waals surface area contributed by atoms with E-state index in [1.54, 1.807) is 0 Å². The van der Waals surface area contributed by atoms with Gasteiger partial charge in [-0.3, -0.25) is 0 Å². The van der Waals surface area contributed by atoms with Crippen molar-refractivity contribution in [3.8, 4) is 0 Å². The zero-order valence-electron chi connectivity index (χ0n) is 9.47. The molecule has 0 aromatic rings. The molecule has 2 fully saturated rings. The van der Waals surface area contributed by atoms with Crippen molar-refractivity contribution in [1.82, 2.24) is 0 Å². The molecular formula is C11H19FO4. The molecule has 0 aromatic heterocycles. The van der Waals surface area contributed by atoms with Crippen LogP contribution < -0.4 is 0 Å². The Morgan fingerprint density at radius 1 is 1.44 bits per heavy atom. The van der Waals surface area contributed by atoms with E-state index in [1.165, 1.54) is 13.5 Å². The van der Waals surface area contributed by atoms with Crippen molar-refractivity contribution in [2.75, 3.05) is 13.7 Å². The SMILES string of the molecule is CO[C@H]1O[C@H](COC2CCC2)[C@H](F)CC1O. The fourth-order valence-corrected chi connectivity index (χ4v) is 1.97. The molecule has 5 heteroatoms. The lowest BCUT2D eigenvalue weighted by molar-refractivity contribution is -0.258. The van der Waals surface area contributed by atoms with Crippen molar-refractivity contribution < 1.29 is 23.7 Å². The van der Waals surface area contributed by atoms with E-state index in [1.807, 2.05) is 0 Å². The minimum absolute atomic E-state index is 0.0528. The molecule has 0 aromatic carbocycles. The number of methoxy groups -OCH3 is 1. The molecule has 1 aliphatic carbocycles. The highest BCUT2D eigenvalue weighted by molar-refractivity contribution is 4.82. The minimum atomic E-state index is -1.18. The molecule has 0 radical (unpaired) electrons. The Hall–Kier alpha value is -0.230. The second-order valence-electron chi connectivity index (χ2n) is 4.48. The van der Waals surface area contributed by atoms with Crippen LogP contribution in [0, 0.1) is 0 Å². The number of ether oxygens (including phenoxy) is 3. The highest BCUT2D eigenvalue weighted by atomic mass is 19.1. The molecule has 0 bridgehead atoms. The first-order chi connectivity index (χ1) is 7.70. The quantitative estimate of drug-likeness (QED) is 0.789. The monoisotopic (exact) mass is 234 g/mol. The number of alkyl halides is 1. The number of aliphatic hydroxyl groups excluding tert-OH is 1. The summed E-state index contributed by atoms with van der Waals surface area (Å²) in [6, 6.07) is 0. The second kappa shape index (κ2) is 5.40. The first kappa shape index (κ1) is 12.2. The summed E-state index contributed by atoms with van der Waals surface area (Å²) in [5, 5.41) is 9.46. The topological polar surface area (TPSA) is 47.9 Å². The molecule has 16 heavy (non-hydrogen) atoms. The van der Waals surface area contributed by atoms with Crippen LogP contribution in [0.1, 0.15) is 25.7 Å². The van der Waals surface area contributed by atoms with E-state index in [2.05, 4.69) is 0 Å². The summed E-state index contributed by atoms with van der Waals surface area (Å²) in [7, 11) is 1.44. The molecule has 1 heterocycles. The molecule has 0 spiro atoms. The lowest BCUT2D eigenvalue weighted by Crippen LogP contribution is -2.48. The standard InChI is InChI=1S/C11H19FO4/c1-14-11-9(13)5-8(12)10(16-11)6-15-7-3-2-4-7/h7-11,13H,2-6H2,1H3/t8-,9?,10-,11+/m1/s1. The molecule has 4 atom stereocenters. The van der Waals surface area contributed by atoms with Crippen molar-refractivity contribution in [2.45, 2.75) is 56.5 Å². The summed E-state index contributed by atoms with van der Waals surface area (Å²) in [4.78, 5) is 0.